The zero-order chi connectivity index (χ0) is 28.1. The minimum Gasteiger partial charge on any atom is -0.360 e. The molecule has 40 heavy (non-hydrogen) atoms. The van der Waals surface area contributed by atoms with E-state index < -0.39 is 10.2 Å². The number of anilines is 1. The number of nitrogens with zero attached hydrogens (tertiary/aromatic N) is 3. The van der Waals surface area contributed by atoms with Crippen LogP contribution in [0.5, 0.6) is 0 Å². The van der Waals surface area contributed by atoms with E-state index in [-0.39, 0.29) is 23.4 Å². The Morgan fingerprint density at radius 1 is 1.12 bits per heavy atom. The third kappa shape index (κ3) is 4.91. The van der Waals surface area contributed by atoms with Gasteiger partial charge < -0.3 is 15.2 Å². The number of amides is 1. The summed E-state index contributed by atoms with van der Waals surface area (Å²) in [7, 11) is 0.552. The van der Waals surface area contributed by atoms with Crippen LogP contribution < -0.4 is 9.62 Å². The zero-order valence-corrected chi connectivity index (χ0v) is 24.8. The van der Waals surface area contributed by atoms with E-state index in [0.29, 0.717) is 35.8 Å². The molecule has 8 nitrogen and oxygen atoms in total. The molecule has 3 aliphatic rings. The molecule has 10 heteroatoms. The standard InChI is InChI=1S/C30H38ClN5O3S/c1-34(2)17-15-30(13-3-4-14-30)22-8-10-23(11-9-22)36-20-28-26(6-5-16-35(28)40(36,38)39)33-29(37)21-7-12-24-25(31)19-32-27(24)18-21/h7-12,18-19,26,28,32H,3-6,13-17,20H2,1-2H3,(H,33,37)/t26-,28-/m1/s1. The van der Waals surface area contributed by atoms with Crippen LogP contribution in [0.3, 0.4) is 0 Å². The molecule has 2 N–H and O–H groups in total. The number of rotatable bonds is 7. The summed E-state index contributed by atoms with van der Waals surface area (Å²) in [6.07, 6.45) is 9.11. The van der Waals surface area contributed by atoms with Crippen molar-refractivity contribution in [2.75, 3.05) is 38.0 Å². The first-order valence-electron chi connectivity index (χ1n) is 14.3. The predicted molar refractivity (Wildman–Crippen MR) is 160 cm³/mol. The first-order valence-corrected chi connectivity index (χ1v) is 16.1. The molecule has 2 aliphatic heterocycles. The SMILES string of the molecule is CN(C)CCC1(c2ccc(N3C[C@@H]4[C@H](NC(=O)c5ccc6c(Cl)c[nH]c6c5)CCCN4S3(=O)=O)cc2)CCCC1. The van der Waals surface area contributed by atoms with Gasteiger partial charge in [0.15, 0.2) is 0 Å². The number of carbonyl (C=O) groups is 1. The topological polar surface area (TPSA) is 88.8 Å². The molecule has 1 saturated carbocycles. The van der Waals surface area contributed by atoms with Gasteiger partial charge in [-0.15, -0.1) is 0 Å². The molecule has 0 bridgehead atoms. The molecule has 3 aromatic rings. The monoisotopic (exact) mass is 583 g/mol. The van der Waals surface area contributed by atoms with Gasteiger partial charge in [-0.2, -0.15) is 12.7 Å². The van der Waals surface area contributed by atoms with Crippen molar-refractivity contribution in [3.05, 3.63) is 64.8 Å². The van der Waals surface area contributed by atoms with Gasteiger partial charge in [0, 0.05) is 35.2 Å². The van der Waals surface area contributed by atoms with Gasteiger partial charge in [0.1, 0.15) is 0 Å². The number of aromatic nitrogens is 1. The Labute approximate surface area is 241 Å². The molecule has 3 heterocycles. The van der Waals surface area contributed by atoms with E-state index >= 15 is 0 Å². The average molecular weight is 584 g/mol. The number of hydrogen-bond donors (Lipinski definition) is 2. The van der Waals surface area contributed by atoms with Crippen LogP contribution in [0.25, 0.3) is 10.9 Å². The summed E-state index contributed by atoms with van der Waals surface area (Å²) in [6, 6.07) is 13.0. The molecule has 1 aliphatic carbocycles. The van der Waals surface area contributed by atoms with Gasteiger partial charge in [-0.3, -0.25) is 9.10 Å². The molecule has 2 atom stereocenters. The van der Waals surface area contributed by atoms with Crippen LogP contribution in [-0.2, 0) is 15.6 Å². The molecule has 3 fully saturated rings. The Balaban J connectivity index is 1.20. The molecule has 0 unspecified atom stereocenters. The fraction of sp³-hybridized carbons (Fsp3) is 0.500. The van der Waals surface area contributed by atoms with Crippen molar-refractivity contribution < 1.29 is 13.2 Å². The number of H-pyrrole nitrogens is 1. The van der Waals surface area contributed by atoms with Gasteiger partial charge in [0.2, 0.25) is 0 Å². The van der Waals surface area contributed by atoms with E-state index in [1.807, 2.05) is 18.2 Å². The second kappa shape index (κ2) is 10.7. The minimum absolute atomic E-state index is 0.175. The summed E-state index contributed by atoms with van der Waals surface area (Å²) < 4.78 is 30.5. The van der Waals surface area contributed by atoms with Crippen molar-refractivity contribution in [3.63, 3.8) is 0 Å². The molecule has 6 rings (SSSR count). The van der Waals surface area contributed by atoms with Gasteiger partial charge in [-0.1, -0.05) is 42.6 Å². The van der Waals surface area contributed by atoms with Crippen LogP contribution in [-0.4, -0.2) is 74.3 Å². The van der Waals surface area contributed by atoms with Gasteiger partial charge >= 0.3 is 10.2 Å². The van der Waals surface area contributed by atoms with E-state index in [2.05, 4.69) is 41.4 Å². The maximum absolute atomic E-state index is 13.7. The number of benzene rings is 2. The van der Waals surface area contributed by atoms with Crippen LogP contribution in [0.1, 0.15) is 60.9 Å². The third-order valence-corrected chi connectivity index (χ3v) is 11.5. The molecule has 214 valence electrons. The summed E-state index contributed by atoms with van der Waals surface area (Å²) >= 11 is 6.19. The van der Waals surface area contributed by atoms with Crippen molar-refractivity contribution >= 4 is 44.3 Å². The number of aromatic amines is 1. The Morgan fingerprint density at radius 3 is 2.60 bits per heavy atom. The van der Waals surface area contributed by atoms with Gasteiger partial charge in [0.25, 0.3) is 5.91 Å². The molecule has 0 radical (unpaired) electrons. The smallest absolute Gasteiger partial charge is 0.304 e. The third-order valence-electron chi connectivity index (χ3n) is 9.23. The summed E-state index contributed by atoms with van der Waals surface area (Å²) in [6.45, 7) is 1.83. The lowest BCUT2D eigenvalue weighted by molar-refractivity contribution is 0.0901. The quantitative estimate of drug-likeness (QED) is 0.413. The van der Waals surface area contributed by atoms with Gasteiger partial charge in [0.05, 0.1) is 23.3 Å². The minimum atomic E-state index is -3.68. The van der Waals surface area contributed by atoms with Crippen molar-refractivity contribution in [1.29, 1.82) is 0 Å². The zero-order valence-electron chi connectivity index (χ0n) is 23.2. The van der Waals surface area contributed by atoms with Gasteiger partial charge in [-0.05, 0) is 88.0 Å². The van der Waals surface area contributed by atoms with E-state index in [0.717, 1.165) is 30.3 Å². The lowest BCUT2D eigenvalue weighted by Crippen LogP contribution is -2.54. The average Bonchev–Trinajstić information content (AvgIpc) is 3.65. The Morgan fingerprint density at radius 2 is 1.88 bits per heavy atom. The molecule has 1 aromatic heterocycles. The summed E-state index contributed by atoms with van der Waals surface area (Å²) in [5, 5.41) is 4.61. The number of fused-ring (bicyclic) bond motifs is 2. The van der Waals surface area contributed by atoms with E-state index in [9.17, 15) is 13.2 Å². The highest BCUT2D eigenvalue weighted by molar-refractivity contribution is 7.90. The molecular formula is C30H38ClN5O3S. The normalized spacial score (nSPS) is 24.1. The largest absolute Gasteiger partial charge is 0.360 e. The molecular weight excluding hydrogens is 546 g/mol. The first kappa shape index (κ1) is 27.6. The van der Waals surface area contributed by atoms with E-state index in [4.69, 9.17) is 11.6 Å². The van der Waals surface area contributed by atoms with Crippen LogP contribution in [0.4, 0.5) is 5.69 Å². The van der Waals surface area contributed by atoms with Crippen LogP contribution in [0, 0.1) is 0 Å². The second-order valence-electron chi connectivity index (χ2n) is 11.9. The highest BCUT2D eigenvalue weighted by Gasteiger charge is 2.49. The first-order chi connectivity index (χ1) is 19.2. The second-order valence-corrected chi connectivity index (χ2v) is 14.1. The number of hydrogen-bond acceptors (Lipinski definition) is 4. The molecule has 0 spiro atoms. The predicted octanol–water partition coefficient (Wildman–Crippen LogP) is 4.91. The Bertz CT molecular complexity index is 1500. The Hall–Kier alpha value is -2.59. The van der Waals surface area contributed by atoms with Gasteiger partial charge in [-0.25, -0.2) is 0 Å². The van der Waals surface area contributed by atoms with Crippen LogP contribution in [0.15, 0.2) is 48.7 Å². The highest BCUT2D eigenvalue weighted by Crippen LogP contribution is 2.45. The number of nitrogens with one attached hydrogen (secondary N) is 2. The van der Waals surface area contributed by atoms with E-state index in [1.165, 1.54) is 35.6 Å². The number of halogens is 1. The molecule has 2 saturated heterocycles. The lowest BCUT2D eigenvalue weighted by Gasteiger charge is -2.34. The van der Waals surface area contributed by atoms with Crippen LogP contribution >= 0.6 is 11.6 Å². The molecule has 1 amide bonds. The summed E-state index contributed by atoms with van der Waals surface area (Å²) in [5.74, 6) is -0.209. The Kier molecular flexibility index (Phi) is 7.36. The molecule has 2 aromatic carbocycles. The maximum Gasteiger partial charge on any atom is 0.304 e. The van der Waals surface area contributed by atoms with Crippen molar-refractivity contribution in [3.8, 4) is 0 Å². The number of piperidine rings is 1. The van der Waals surface area contributed by atoms with Crippen molar-refractivity contribution in [2.45, 2.75) is 62.4 Å². The fourth-order valence-corrected chi connectivity index (χ4v) is 9.08. The van der Waals surface area contributed by atoms with Crippen LogP contribution in [0.2, 0.25) is 5.02 Å². The lowest BCUT2D eigenvalue weighted by atomic mass is 9.76. The maximum atomic E-state index is 13.7. The fourth-order valence-electron chi connectivity index (χ4n) is 6.97. The highest BCUT2D eigenvalue weighted by atomic mass is 35.5. The van der Waals surface area contributed by atoms with Crippen molar-refractivity contribution in [2.24, 2.45) is 0 Å². The number of carbonyl (C=O) groups excluding carboxylic acids is 1. The summed E-state index contributed by atoms with van der Waals surface area (Å²) in [5.41, 5.74) is 3.50. The summed E-state index contributed by atoms with van der Waals surface area (Å²) in [4.78, 5) is 18.5. The van der Waals surface area contributed by atoms with E-state index in [1.54, 1.807) is 22.6 Å². The van der Waals surface area contributed by atoms with Crippen molar-refractivity contribution in [1.82, 2.24) is 19.5 Å².